The average molecular weight is 489 g/mol. The van der Waals surface area contributed by atoms with Crippen LogP contribution in [0.1, 0.15) is 29.5 Å². The largest absolute Gasteiger partial charge is 0.384 e. The van der Waals surface area contributed by atoms with E-state index in [2.05, 4.69) is 10.2 Å². The summed E-state index contributed by atoms with van der Waals surface area (Å²) < 4.78 is 51.9. The number of hydrogen-bond acceptors (Lipinski definition) is 4. The summed E-state index contributed by atoms with van der Waals surface area (Å²) in [6.45, 7) is 2.97. The molecule has 0 bridgehead atoms. The SMILES string of the molecule is OC1(c2ccc(F)c(F)c2)CCN(Cc2ccccc2)C1.OC1(c2ccc(F)c(F)c2)CCNC1. The van der Waals surface area contributed by atoms with Crippen molar-refractivity contribution in [2.45, 2.75) is 30.6 Å². The first-order chi connectivity index (χ1) is 16.7. The van der Waals surface area contributed by atoms with Crippen LogP contribution < -0.4 is 5.32 Å². The van der Waals surface area contributed by atoms with Crippen LogP contribution in [0, 0.1) is 23.3 Å². The number of benzene rings is 3. The third-order valence-corrected chi connectivity index (χ3v) is 6.62. The summed E-state index contributed by atoms with van der Waals surface area (Å²) in [5.41, 5.74) is -0.108. The van der Waals surface area contributed by atoms with Crippen molar-refractivity contribution in [3.05, 3.63) is 107 Å². The molecule has 2 atom stereocenters. The normalized spacial score (nSPS) is 24.3. The van der Waals surface area contributed by atoms with E-state index in [9.17, 15) is 27.8 Å². The fourth-order valence-electron chi connectivity index (χ4n) is 4.58. The van der Waals surface area contributed by atoms with Crippen LogP contribution in [0.4, 0.5) is 17.6 Å². The van der Waals surface area contributed by atoms with Gasteiger partial charge in [-0.2, -0.15) is 0 Å². The van der Waals surface area contributed by atoms with Gasteiger partial charge in [-0.25, -0.2) is 17.6 Å². The molecular weight excluding hydrogens is 460 g/mol. The monoisotopic (exact) mass is 488 g/mol. The molecule has 2 aliphatic heterocycles. The van der Waals surface area contributed by atoms with Gasteiger partial charge in [0.25, 0.3) is 0 Å². The molecule has 2 fully saturated rings. The standard InChI is InChI=1S/C17H17F2NO.C10H11F2NO/c18-15-7-6-14(10-16(15)19)17(21)8-9-20(12-17)11-13-4-2-1-3-5-13;11-8-2-1-7(5-9(8)12)10(14)3-4-13-6-10/h1-7,10,21H,8-9,11-12H2;1-2,5,13-14H,3-4,6H2. The number of likely N-dealkylation sites (tertiary alicyclic amines) is 1. The zero-order valence-corrected chi connectivity index (χ0v) is 19.2. The molecule has 186 valence electrons. The Kier molecular flexibility index (Phi) is 7.56. The summed E-state index contributed by atoms with van der Waals surface area (Å²) in [7, 11) is 0. The van der Waals surface area contributed by atoms with Crippen LogP contribution >= 0.6 is 0 Å². The number of nitrogens with one attached hydrogen (secondary N) is 1. The molecule has 2 saturated heterocycles. The van der Waals surface area contributed by atoms with Crippen LogP contribution in [0.3, 0.4) is 0 Å². The van der Waals surface area contributed by atoms with E-state index in [0.29, 0.717) is 43.6 Å². The summed E-state index contributed by atoms with van der Waals surface area (Å²) in [6, 6.07) is 17.2. The summed E-state index contributed by atoms with van der Waals surface area (Å²) in [5.74, 6) is -3.60. The summed E-state index contributed by atoms with van der Waals surface area (Å²) in [6.07, 6.45) is 1.04. The fourth-order valence-corrected chi connectivity index (χ4v) is 4.58. The highest BCUT2D eigenvalue weighted by Gasteiger charge is 2.38. The zero-order valence-electron chi connectivity index (χ0n) is 19.2. The van der Waals surface area contributed by atoms with Crippen LogP contribution in [-0.4, -0.2) is 41.3 Å². The van der Waals surface area contributed by atoms with Gasteiger partial charge in [0.2, 0.25) is 0 Å². The predicted octanol–water partition coefficient (Wildman–Crippen LogP) is 4.20. The van der Waals surface area contributed by atoms with Gasteiger partial charge in [0, 0.05) is 26.2 Å². The van der Waals surface area contributed by atoms with Crippen molar-refractivity contribution in [1.82, 2.24) is 10.2 Å². The molecule has 2 aliphatic rings. The van der Waals surface area contributed by atoms with E-state index in [4.69, 9.17) is 0 Å². The van der Waals surface area contributed by atoms with Gasteiger partial charge >= 0.3 is 0 Å². The lowest BCUT2D eigenvalue weighted by Gasteiger charge is -2.24. The first-order valence-electron chi connectivity index (χ1n) is 11.5. The summed E-state index contributed by atoms with van der Waals surface area (Å²) in [5, 5.41) is 23.7. The lowest BCUT2D eigenvalue weighted by Crippen LogP contribution is -2.30. The number of nitrogens with zero attached hydrogens (tertiary/aromatic N) is 1. The maximum Gasteiger partial charge on any atom is 0.159 e. The molecule has 0 aliphatic carbocycles. The average Bonchev–Trinajstić information content (AvgIpc) is 3.45. The highest BCUT2D eigenvalue weighted by molar-refractivity contribution is 5.27. The van der Waals surface area contributed by atoms with Gasteiger partial charge in [-0.3, -0.25) is 4.90 Å². The topological polar surface area (TPSA) is 55.7 Å². The smallest absolute Gasteiger partial charge is 0.159 e. The van der Waals surface area contributed by atoms with Crippen LogP contribution in [0.15, 0.2) is 66.7 Å². The van der Waals surface area contributed by atoms with Gasteiger partial charge in [-0.05, 0) is 60.3 Å². The maximum atomic E-state index is 13.3. The van der Waals surface area contributed by atoms with Crippen molar-refractivity contribution in [2.75, 3.05) is 26.2 Å². The number of hydrogen-bond donors (Lipinski definition) is 3. The van der Waals surface area contributed by atoms with Gasteiger partial charge in [-0.1, -0.05) is 42.5 Å². The molecule has 2 unspecified atom stereocenters. The van der Waals surface area contributed by atoms with E-state index < -0.39 is 34.5 Å². The minimum atomic E-state index is -1.11. The first kappa shape index (κ1) is 25.3. The van der Waals surface area contributed by atoms with Crippen molar-refractivity contribution in [3.8, 4) is 0 Å². The zero-order chi connectivity index (χ0) is 25.1. The molecule has 0 spiro atoms. The molecule has 0 saturated carbocycles. The minimum Gasteiger partial charge on any atom is -0.384 e. The number of halogens is 4. The number of aliphatic hydroxyl groups is 2. The predicted molar refractivity (Wildman–Crippen MR) is 124 cm³/mol. The summed E-state index contributed by atoms with van der Waals surface area (Å²) in [4.78, 5) is 2.12. The van der Waals surface area contributed by atoms with Crippen molar-refractivity contribution in [3.63, 3.8) is 0 Å². The van der Waals surface area contributed by atoms with E-state index in [1.54, 1.807) is 0 Å². The lowest BCUT2D eigenvalue weighted by atomic mass is 9.93. The van der Waals surface area contributed by atoms with Crippen LogP contribution in [0.2, 0.25) is 0 Å². The molecule has 35 heavy (non-hydrogen) atoms. The lowest BCUT2D eigenvalue weighted by molar-refractivity contribution is 0.0448. The summed E-state index contributed by atoms with van der Waals surface area (Å²) >= 11 is 0. The molecule has 3 N–H and O–H groups in total. The molecule has 0 radical (unpaired) electrons. The second-order valence-electron chi connectivity index (χ2n) is 9.19. The Bertz CT molecular complexity index is 1160. The van der Waals surface area contributed by atoms with E-state index in [1.807, 2.05) is 30.3 Å². The van der Waals surface area contributed by atoms with E-state index >= 15 is 0 Å². The molecular formula is C27H28F4N2O2. The number of rotatable bonds is 4. The Morgan fingerprint density at radius 1 is 0.743 bits per heavy atom. The van der Waals surface area contributed by atoms with Crippen LogP contribution in [-0.2, 0) is 17.7 Å². The molecule has 0 amide bonds. The molecule has 3 aromatic rings. The number of β-amino-alcohol motifs (C(OH)–C–C–N with tert-alkyl or cyclic N) is 2. The highest BCUT2D eigenvalue weighted by Crippen LogP contribution is 2.33. The second kappa shape index (κ2) is 10.5. The Morgan fingerprint density at radius 2 is 1.34 bits per heavy atom. The molecule has 5 rings (SSSR count). The van der Waals surface area contributed by atoms with E-state index in [0.717, 1.165) is 37.4 Å². The van der Waals surface area contributed by atoms with Gasteiger partial charge in [0.05, 0.1) is 0 Å². The molecule has 8 heteroatoms. The van der Waals surface area contributed by atoms with Crippen LogP contribution in [0.5, 0.6) is 0 Å². The third-order valence-electron chi connectivity index (χ3n) is 6.62. The van der Waals surface area contributed by atoms with Crippen molar-refractivity contribution >= 4 is 0 Å². The van der Waals surface area contributed by atoms with Gasteiger partial charge in [0.15, 0.2) is 23.3 Å². The third kappa shape index (κ3) is 5.90. The van der Waals surface area contributed by atoms with Crippen LogP contribution in [0.25, 0.3) is 0 Å². The van der Waals surface area contributed by atoms with E-state index in [-0.39, 0.29) is 0 Å². The molecule has 2 heterocycles. The Hall–Kier alpha value is -2.78. The fraction of sp³-hybridized carbons (Fsp3) is 0.333. The Labute approximate surface area is 201 Å². The van der Waals surface area contributed by atoms with Crippen molar-refractivity contribution < 1.29 is 27.8 Å². The molecule has 0 aromatic heterocycles. The maximum absolute atomic E-state index is 13.3. The van der Waals surface area contributed by atoms with E-state index in [1.165, 1.54) is 17.7 Å². The minimum absolute atomic E-state index is 0.387. The second-order valence-corrected chi connectivity index (χ2v) is 9.19. The van der Waals surface area contributed by atoms with Crippen molar-refractivity contribution in [1.29, 1.82) is 0 Å². The molecule has 3 aromatic carbocycles. The van der Waals surface area contributed by atoms with Crippen molar-refractivity contribution in [2.24, 2.45) is 0 Å². The quantitative estimate of drug-likeness (QED) is 0.482. The Balaban J connectivity index is 0.000000179. The van der Waals surface area contributed by atoms with Gasteiger partial charge < -0.3 is 15.5 Å². The highest BCUT2D eigenvalue weighted by atomic mass is 19.2. The Morgan fingerprint density at radius 3 is 1.89 bits per heavy atom. The van der Waals surface area contributed by atoms with Gasteiger partial charge in [0.1, 0.15) is 11.2 Å². The molecule has 4 nitrogen and oxygen atoms in total. The first-order valence-corrected chi connectivity index (χ1v) is 11.5. The van der Waals surface area contributed by atoms with Gasteiger partial charge in [-0.15, -0.1) is 0 Å².